The largest absolute Gasteiger partial charge is 0.478 e. The van der Waals surface area contributed by atoms with E-state index in [-0.39, 0.29) is 5.92 Å². The Bertz CT molecular complexity index is 1060. The van der Waals surface area contributed by atoms with Crippen molar-refractivity contribution in [3.63, 3.8) is 0 Å². The van der Waals surface area contributed by atoms with Crippen molar-refractivity contribution in [2.45, 2.75) is 12.8 Å². The maximum Gasteiger partial charge on any atom is 0.478 e. The Morgan fingerprint density at radius 1 is 0.786 bits per heavy atom. The molecule has 2 nitrogen and oxygen atoms in total. The molecule has 0 aliphatic heterocycles. The Morgan fingerprint density at radius 2 is 1.36 bits per heavy atom. The topological polar surface area (TPSA) is 20.5 Å². The van der Waals surface area contributed by atoms with Gasteiger partial charge in [0.15, 0.2) is 7.11 Å². The number of benzene rings is 4. The van der Waals surface area contributed by atoms with E-state index < -0.39 is 0 Å². The van der Waals surface area contributed by atoms with Crippen LogP contribution in [0.15, 0.2) is 91.0 Å². The fourth-order valence-electron chi connectivity index (χ4n) is 3.85. The first-order chi connectivity index (χ1) is 13.8. The van der Waals surface area contributed by atoms with E-state index in [2.05, 4.69) is 85.8 Å². The third-order valence-corrected chi connectivity index (χ3v) is 5.12. The Labute approximate surface area is 165 Å². The lowest BCUT2D eigenvalue weighted by Gasteiger charge is -2.21. The molecule has 0 unspecified atom stereocenters. The molecule has 2 heteroatoms. The lowest BCUT2D eigenvalue weighted by molar-refractivity contribution is -0.421. The molecule has 0 heterocycles. The van der Waals surface area contributed by atoms with Crippen molar-refractivity contribution in [3.8, 4) is 5.75 Å². The van der Waals surface area contributed by atoms with E-state index in [0.29, 0.717) is 0 Å². The summed E-state index contributed by atoms with van der Waals surface area (Å²) in [7, 11) is 1.60. The van der Waals surface area contributed by atoms with Crippen molar-refractivity contribution in [1.82, 2.24) is 0 Å². The maximum absolute atomic E-state index is 6.00. The van der Waals surface area contributed by atoms with Crippen LogP contribution in [0.25, 0.3) is 10.8 Å². The van der Waals surface area contributed by atoms with Gasteiger partial charge in [-0.05, 0) is 34.9 Å². The number of hydrogen-bond donors (Lipinski definition) is 0. The molecular weight excluding hydrogens is 344 g/mol. The highest BCUT2D eigenvalue weighted by atomic mass is 16.6. The summed E-state index contributed by atoms with van der Waals surface area (Å²) >= 11 is 0. The summed E-state index contributed by atoms with van der Waals surface area (Å²) in [5.74, 6) is 0.907. The molecule has 0 N–H and O–H groups in total. The Balaban J connectivity index is 2.02. The minimum absolute atomic E-state index is 0.0611. The molecule has 0 saturated heterocycles. The van der Waals surface area contributed by atoms with Crippen LogP contribution < -0.4 is 4.74 Å². The second-order valence-electron chi connectivity index (χ2n) is 6.85. The molecule has 0 atom stereocenters. The lowest BCUT2D eigenvalue weighted by atomic mass is 9.82. The molecule has 0 spiro atoms. The second-order valence-corrected chi connectivity index (χ2v) is 6.85. The zero-order valence-corrected chi connectivity index (χ0v) is 16.1. The highest BCUT2D eigenvalue weighted by Crippen LogP contribution is 2.41. The number of rotatable bonds is 5. The second kappa shape index (κ2) is 8.10. The van der Waals surface area contributed by atoms with Crippen molar-refractivity contribution in [2.24, 2.45) is 0 Å². The summed E-state index contributed by atoms with van der Waals surface area (Å²) < 4.78 is 11.1. The van der Waals surface area contributed by atoms with Gasteiger partial charge in [0.1, 0.15) is 0 Å². The highest BCUT2D eigenvalue weighted by molar-refractivity contribution is 5.89. The minimum atomic E-state index is 0.0611. The van der Waals surface area contributed by atoms with Crippen molar-refractivity contribution < 1.29 is 9.16 Å². The summed E-state index contributed by atoms with van der Waals surface area (Å²) in [5, 5.41) is 2.39. The number of fused-ring (bicyclic) bond motifs is 1. The van der Waals surface area contributed by atoms with Crippen molar-refractivity contribution in [2.75, 3.05) is 7.11 Å². The molecule has 28 heavy (non-hydrogen) atoms. The van der Waals surface area contributed by atoms with Crippen LogP contribution in [0.4, 0.5) is 0 Å². The molecule has 0 aromatic heterocycles. The van der Waals surface area contributed by atoms with Gasteiger partial charge < -0.3 is 4.42 Å². The lowest BCUT2D eigenvalue weighted by Crippen LogP contribution is -2.08. The van der Waals surface area contributed by atoms with E-state index in [1.54, 1.807) is 7.11 Å². The van der Waals surface area contributed by atoms with Crippen LogP contribution in [0.2, 0.25) is 0 Å². The third-order valence-electron chi connectivity index (χ3n) is 5.12. The summed E-state index contributed by atoms with van der Waals surface area (Å²) in [6.45, 7) is 3.51. The van der Waals surface area contributed by atoms with Crippen LogP contribution in [0.1, 0.15) is 28.2 Å². The zero-order valence-electron chi connectivity index (χ0n) is 16.1. The van der Waals surface area contributed by atoms with Gasteiger partial charge in [-0.3, -0.25) is 4.74 Å². The van der Waals surface area contributed by atoms with Gasteiger partial charge in [0.25, 0.3) is 5.75 Å². The van der Waals surface area contributed by atoms with Crippen LogP contribution >= 0.6 is 0 Å². The smallest absolute Gasteiger partial charge is 0.327 e. The normalized spacial score (nSPS) is 11.4. The Kier molecular flexibility index (Phi) is 5.20. The Morgan fingerprint density at radius 3 is 1.96 bits per heavy atom. The molecule has 0 bridgehead atoms. The first-order valence-electron chi connectivity index (χ1n) is 9.43. The van der Waals surface area contributed by atoms with Gasteiger partial charge in [-0.2, -0.15) is 0 Å². The van der Waals surface area contributed by atoms with Crippen molar-refractivity contribution in [3.05, 3.63) is 113 Å². The van der Waals surface area contributed by atoms with Crippen molar-refractivity contribution >= 4 is 17.2 Å². The van der Waals surface area contributed by atoms with Gasteiger partial charge in [-0.25, -0.2) is 0 Å². The highest BCUT2D eigenvalue weighted by Gasteiger charge is 2.26. The molecule has 4 aromatic carbocycles. The van der Waals surface area contributed by atoms with Crippen LogP contribution in [-0.2, 0) is 4.42 Å². The first kappa shape index (κ1) is 18.0. The third kappa shape index (κ3) is 3.41. The number of carbonyl (C=O) groups excluding carboxylic acids is 1. The Hall–Kier alpha value is -3.39. The zero-order chi connectivity index (χ0) is 19.3. The molecule has 4 aromatic rings. The van der Waals surface area contributed by atoms with E-state index >= 15 is 0 Å². The van der Waals surface area contributed by atoms with Gasteiger partial charge in [0.2, 0.25) is 0 Å². The average molecular weight is 367 g/mol. The van der Waals surface area contributed by atoms with Crippen LogP contribution in [-0.4, -0.2) is 13.6 Å². The van der Waals surface area contributed by atoms with Crippen LogP contribution in [0.3, 0.4) is 0 Å². The molecule has 4 rings (SSSR count). The van der Waals surface area contributed by atoms with Gasteiger partial charge in [0, 0.05) is 17.0 Å². The number of aryl methyl sites for hydroxylation is 1. The molecule has 0 fully saturated rings. The summed E-state index contributed by atoms with van der Waals surface area (Å²) in [6, 6.07) is 31.8. The molecule has 138 valence electrons. The molecular formula is C26H23O2+. The van der Waals surface area contributed by atoms with E-state index in [4.69, 9.17) is 9.16 Å². The predicted molar refractivity (Wildman–Crippen MR) is 115 cm³/mol. The monoisotopic (exact) mass is 367 g/mol. The fraction of sp³-hybridized carbons (Fsp3) is 0.115. The summed E-state index contributed by atoms with van der Waals surface area (Å²) in [5.41, 5.74) is 4.69. The van der Waals surface area contributed by atoms with Crippen LogP contribution in [0, 0.1) is 6.92 Å². The molecule has 0 amide bonds. The SMILES string of the molecule is C[O+]=COc1c(C(c2ccccc2)c2ccccc2)cc2ccccc2c1C. The van der Waals surface area contributed by atoms with E-state index in [9.17, 15) is 0 Å². The number of hydrogen-bond acceptors (Lipinski definition) is 1. The van der Waals surface area contributed by atoms with Crippen LogP contribution in [0.5, 0.6) is 5.75 Å². The average Bonchev–Trinajstić information content (AvgIpc) is 2.75. The predicted octanol–water partition coefficient (Wildman–Crippen LogP) is 6.03. The van der Waals surface area contributed by atoms with E-state index in [0.717, 1.165) is 16.9 Å². The summed E-state index contributed by atoms with van der Waals surface area (Å²) in [6.07, 6.45) is 0. The summed E-state index contributed by atoms with van der Waals surface area (Å²) in [4.78, 5) is 0. The first-order valence-corrected chi connectivity index (χ1v) is 9.43. The molecule has 0 aliphatic carbocycles. The fourth-order valence-corrected chi connectivity index (χ4v) is 3.85. The number of ether oxygens (including phenoxy) is 1. The van der Waals surface area contributed by atoms with Gasteiger partial charge >= 0.3 is 6.47 Å². The standard InChI is InChI=1S/C26H23O2/c1-19-23-16-10-9-15-22(23)17-24(26(19)28-18-27-2)25(20-11-5-3-6-12-20)21-13-7-4-8-14-21/h3-18,25H,1-2H3/q+1. The maximum atomic E-state index is 6.00. The van der Waals surface area contributed by atoms with Gasteiger partial charge in [0.05, 0.1) is 0 Å². The molecule has 0 radical (unpaired) electrons. The molecule has 0 aliphatic rings. The molecule has 0 saturated carbocycles. The van der Waals surface area contributed by atoms with E-state index in [1.165, 1.54) is 28.4 Å². The van der Waals surface area contributed by atoms with Crippen molar-refractivity contribution in [1.29, 1.82) is 0 Å². The minimum Gasteiger partial charge on any atom is -0.327 e. The van der Waals surface area contributed by atoms with Gasteiger partial charge in [-0.1, -0.05) is 84.9 Å². The quantitative estimate of drug-likeness (QED) is 0.240. The van der Waals surface area contributed by atoms with E-state index in [1.807, 2.05) is 12.1 Å². The van der Waals surface area contributed by atoms with Gasteiger partial charge in [-0.15, -0.1) is 0 Å².